The molecular weight excluding hydrogens is 222 g/mol. The Bertz CT molecular complexity index is 329. The molecule has 2 unspecified atom stereocenters. The Morgan fingerprint density at radius 1 is 1.31 bits per heavy atom. The third-order valence-corrected chi connectivity index (χ3v) is 5.07. The van der Waals surface area contributed by atoms with Crippen LogP contribution in [-0.4, -0.2) is 32.1 Å². The second kappa shape index (κ2) is 4.65. The average molecular weight is 247 g/mol. The molecule has 0 N–H and O–H groups in total. The number of sulfonamides is 1. The molecule has 3 nitrogen and oxygen atoms in total. The summed E-state index contributed by atoms with van der Waals surface area (Å²) in [5, 5.41) is 0. The molecule has 1 heterocycles. The summed E-state index contributed by atoms with van der Waals surface area (Å²) < 4.78 is 24.7. The minimum absolute atomic E-state index is 0.282. The fraction of sp³-hybridized carbons (Fsp3) is 1.00. The van der Waals surface area contributed by atoms with E-state index in [1.807, 2.05) is 0 Å². The van der Waals surface area contributed by atoms with Crippen LogP contribution in [0.3, 0.4) is 0 Å². The van der Waals surface area contributed by atoms with Crippen LogP contribution in [0.2, 0.25) is 0 Å². The molecule has 0 radical (unpaired) electrons. The predicted molar refractivity (Wildman–Crippen MR) is 67.8 cm³/mol. The van der Waals surface area contributed by atoms with Gasteiger partial charge < -0.3 is 0 Å². The van der Waals surface area contributed by atoms with Gasteiger partial charge in [0.25, 0.3) is 0 Å². The van der Waals surface area contributed by atoms with Crippen molar-refractivity contribution in [1.82, 2.24) is 4.31 Å². The van der Waals surface area contributed by atoms with Crippen LogP contribution in [0.5, 0.6) is 0 Å². The van der Waals surface area contributed by atoms with Gasteiger partial charge in [0.05, 0.1) is 6.26 Å². The lowest BCUT2D eigenvalue weighted by atomic mass is 9.69. The Kier molecular flexibility index (Phi) is 4.06. The van der Waals surface area contributed by atoms with E-state index < -0.39 is 10.0 Å². The van der Waals surface area contributed by atoms with Crippen molar-refractivity contribution >= 4 is 10.0 Å². The summed E-state index contributed by atoms with van der Waals surface area (Å²) in [4.78, 5) is 0. The van der Waals surface area contributed by atoms with Gasteiger partial charge in [-0.05, 0) is 23.7 Å². The van der Waals surface area contributed by atoms with E-state index in [0.717, 1.165) is 12.8 Å². The van der Waals surface area contributed by atoms with Crippen LogP contribution >= 0.6 is 0 Å². The van der Waals surface area contributed by atoms with E-state index in [2.05, 4.69) is 27.7 Å². The zero-order chi connectivity index (χ0) is 12.6. The molecule has 0 aromatic carbocycles. The first-order valence-corrected chi connectivity index (χ1v) is 7.96. The Labute approximate surface area is 100 Å². The monoisotopic (exact) mass is 247 g/mol. The van der Waals surface area contributed by atoms with Crippen LogP contribution in [0, 0.1) is 17.3 Å². The smallest absolute Gasteiger partial charge is 0.211 e. The number of nitrogens with zero attached hydrogens (tertiary/aromatic N) is 1. The van der Waals surface area contributed by atoms with E-state index in [1.165, 1.54) is 6.26 Å². The molecule has 0 amide bonds. The van der Waals surface area contributed by atoms with Gasteiger partial charge in [0.1, 0.15) is 0 Å². The quantitative estimate of drug-likeness (QED) is 0.751. The van der Waals surface area contributed by atoms with Gasteiger partial charge >= 0.3 is 0 Å². The molecule has 1 fully saturated rings. The molecule has 0 spiro atoms. The Hall–Kier alpha value is -0.0900. The van der Waals surface area contributed by atoms with E-state index in [0.29, 0.717) is 24.9 Å². The maximum Gasteiger partial charge on any atom is 0.211 e. The van der Waals surface area contributed by atoms with Crippen molar-refractivity contribution in [3.63, 3.8) is 0 Å². The van der Waals surface area contributed by atoms with Crippen molar-refractivity contribution in [2.45, 2.75) is 40.5 Å². The minimum atomic E-state index is -3.00. The zero-order valence-corrected chi connectivity index (χ0v) is 12.0. The molecule has 1 aliphatic heterocycles. The lowest BCUT2D eigenvalue weighted by Gasteiger charge is -2.43. The molecule has 4 heteroatoms. The molecule has 1 rings (SSSR count). The number of piperidine rings is 1. The van der Waals surface area contributed by atoms with Gasteiger partial charge in [0.15, 0.2) is 0 Å². The van der Waals surface area contributed by atoms with Gasteiger partial charge in [0.2, 0.25) is 10.0 Å². The Morgan fingerprint density at radius 3 is 2.25 bits per heavy atom. The van der Waals surface area contributed by atoms with Crippen LogP contribution in [0.1, 0.15) is 40.5 Å². The summed E-state index contributed by atoms with van der Waals surface area (Å²) in [7, 11) is -3.00. The van der Waals surface area contributed by atoms with Gasteiger partial charge in [-0.15, -0.1) is 0 Å². The van der Waals surface area contributed by atoms with Crippen molar-refractivity contribution in [2.24, 2.45) is 17.3 Å². The standard InChI is InChI=1S/C12H25NO2S/c1-6-10-9-13(16(5,14)15)8-7-11(10)12(2,3)4/h10-11H,6-9H2,1-5H3. The molecule has 0 aliphatic carbocycles. The lowest BCUT2D eigenvalue weighted by molar-refractivity contribution is 0.0832. The summed E-state index contributed by atoms with van der Waals surface area (Å²) >= 11 is 0. The summed E-state index contributed by atoms with van der Waals surface area (Å²) in [6.07, 6.45) is 3.38. The van der Waals surface area contributed by atoms with E-state index in [-0.39, 0.29) is 5.41 Å². The van der Waals surface area contributed by atoms with Gasteiger partial charge in [-0.1, -0.05) is 34.1 Å². The first kappa shape index (κ1) is 14.0. The third-order valence-electron chi connectivity index (χ3n) is 3.80. The van der Waals surface area contributed by atoms with Gasteiger partial charge in [0, 0.05) is 13.1 Å². The van der Waals surface area contributed by atoms with Crippen LogP contribution in [0.25, 0.3) is 0 Å². The van der Waals surface area contributed by atoms with Crippen molar-refractivity contribution < 1.29 is 8.42 Å². The average Bonchev–Trinajstić information content (AvgIpc) is 2.14. The zero-order valence-electron chi connectivity index (χ0n) is 11.2. The van der Waals surface area contributed by atoms with Gasteiger partial charge in [-0.3, -0.25) is 0 Å². The number of rotatable bonds is 2. The first-order chi connectivity index (χ1) is 7.16. The van der Waals surface area contributed by atoms with Crippen molar-refractivity contribution in [1.29, 1.82) is 0 Å². The Balaban J connectivity index is 2.80. The molecule has 0 aromatic heterocycles. The molecule has 0 saturated carbocycles. The first-order valence-electron chi connectivity index (χ1n) is 6.11. The SMILES string of the molecule is CCC1CN(S(C)(=O)=O)CCC1C(C)(C)C. The number of hydrogen-bond acceptors (Lipinski definition) is 2. The second-order valence-corrected chi connectivity index (χ2v) is 8.03. The molecule has 1 saturated heterocycles. The normalized spacial score (nSPS) is 29.3. The molecule has 2 atom stereocenters. The fourth-order valence-electron chi connectivity index (χ4n) is 2.85. The van der Waals surface area contributed by atoms with E-state index in [9.17, 15) is 8.42 Å². The maximum absolute atomic E-state index is 11.5. The highest BCUT2D eigenvalue weighted by Gasteiger charge is 2.37. The van der Waals surface area contributed by atoms with Crippen LogP contribution in [0.4, 0.5) is 0 Å². The van der Waals surface area contributed by atoms with E-state index >= 15 is 0 Å². The van der Waals surface area contributed by atoms with Crippen molar-refractivity contribution in [3.8, 4) is 0 Å². The summed E-state index contributed by atoms with van der Waals surface area (Å²) in [5.74, 6) is 1.14. The topological polar surface area (TPSA) is 37.4 Å². The van der Waals surface area contributed by atoms with E-state index in [1.54, 1.807) is 4.31 Å². The molecule has 16 heavy (non-hydrogen) atoms. The Morgan fingerprint density at radius 2 is 1.88 bits per heavy atom. The van der Waals surface area contributed by atoms with Gasteiger partial charge in [-0.2, -0.15) is 0 Å². The van der Waals surface area contributed by atoms with Crippen LogP contribution < -0.4 is 0 Å². The highest BCUT2D eigenvalue weighted by atomic mass is 32.2. The van der Waals surface area contributed by atoms with Crippen molar-refractivity contribution in [2.75, 3.05) is 19.3 Å². The van der Waals surface area contributed by atoms with E-state index in [4.69, 9.17) is 0 Å². The van der Waals surface area contributed by atoms with Crippen LogP contribution in [-0.2, 0) is 10.0 Å². The molecule has 1 aliphatic rings. The highest BCUT2D eigenvalue weighted by molar-refractivity contribution is 7.88. The van der Waals surface area contributed by atoms with Crippen molar-refractivity contribution in [3.05, 3.63) is 0 Å². The molecule has 96 valence electrons. The van der Waals surface area contributed by atoms with Gasteiger partial charge in [-0.25, -0.2) is 12.7 Å². The summed E-state index contributed by atoms with van der Waals surface area (Å²) in [5.41, 5.74) is 0.282. The highest BCUT2D eigenvalue weighted by Crippen LogP contribution is 2.39. The lowest BCUT2D eigenvalue weighted by Crippen LogP contribution is -2.46. The molecule has 0 aromatic rings. The largest absolute Gasteiger partial charge is 0.213 e. The second-order valence-electron chi connectivity index (χ2n) is 6.05. The third kappa shape index (κ3) is 3.20. The maximum atomic E-state index is 11.5. The number of hydrogen-bond donors (Lipinski definition) is 0. The molecular formula is C12H25NO2S. The van der Waals surface area contributed by atoms with Crippen LogP contribution in [0.15, 0.2) is 0 Å². The fourth-order valence-corrected chi connectivity index (χ4v) is 3.75. The predicted octanol–water partition coefficient (Wildman–Crippen LogP) is 2.34. The summed E-state index contributed by atoms with van der Waals surface area (Å²) in [6, 6.07) is 0. The summed E-state index contributed by atoms with van der Waals surface area (Å²) in [6.45, 7) is 10.3. The minimum Gasteiger partial charge on any atom is -0.213 e. The molecule has 0 bridgehead atoms.